The molecule has 1 saturated carbocycles. The number of aliphatic hydroxyl groups is 2. The summed E-state index contributed by atoms with van der Waals surface area (Å²) in [6.45, 7) is 1.95. The van der Waals surface area contributed by atoms with Crippen LogP contribution in [0.4, 0.5) is 0 Å². The number of nitrogens with zero attached hydrogens (tertiary/aromatic N) is 1. The smallest absolute Gasteiger partial charge is 0.303 e. The Kier molecular flexibility index (Phi) is 4.78. The second-order valence-electron chi connectivity index (χ2n) is 8.57. The van der Waals surface area contributed by atoms with Gasteiger partial charge in [-0.2, -0.15) is 0 Å². The Hall–Kier alpha value is -2.93. The molecule has 1 aliphatic heterocycles. The van der Waals surface area contributed by atoms with E-state index < -0.39 is 35.1 Å². The molecule has 32 heavy (non-hydrogen) atoms. The van der Waals surface area contributed by atoms with E-state index in [2.05, 4.69) is 4.98 Å². The summed E-state index contributed by atoms with van der Waals surface area (Å²) in [4.78, 5) is 16.1. The zero-order valence-electron chi connectivity index (χ0n) is 17.3. The van der Waals surface area contributed by atoms with E-state index in [1.807, 2.05) is 61.5 Å². The first-order valence-electron chi connectivity index (χ1n) is 10.4. The molecule has 0 amide bonds. The molecule has 0 radical (unpaired) electrons. The molecule has 6 nitrogen and oxygen atoms in total. The lowest BCUT2D eigenvalue weighted by molar-refractivity contribution is -0.155. The van der Waals surface area contributed by atoms with Gasteiger partial charge in [-0.1, -0.05) is 71.8 Å². The SMILES string of the molecule is Cc1ccc([C@@]23Oc4cc(Cl)cnc4[C@]2(O)[C@H](O)[C@H](CC(=O)O)[C@H]3c2ccccc2)cc1. The molecule has 3 aromatic rings. The van der Waals surface area contributed by atoms with Gasteiger partial charge < -0.3 is 20.1 Å². The van der Waals surface area contributed by atoms with Crippen LogP contribution >= 0.6 is 11.6 Å². The van der Waals surface area contributed by atoms with Crippen LogP contribution in [0.1, 0.15) is 34.7 Å². The fraction of sp³-hybridized carbons (Fsp3) is 0.280. The molecule has 0 spiro atoms. The van der Waals surface area contributed by atoms with Gasteiger partial charge in [0.05, 0.1) is 17.5 Å². The summed E-state index contributed by atoms with van der Waals surface area (Å²) in [5, 5.41) is 33.8. The van der Waals surface area contributed by atoms with Gasteiger partial charge in [-0.05, 0) is 18.1 Å². The number of pyridine rings is 1. The molecule has 2 aliphatic rings. The Morgan fingerprint density at radius 1 is 1.16 bits per heavy atom. The Balaban J connectivity index is 1.84. The largest absolute Gasteiger partial charge is 0.481 e. The van der Waals surface area contributed by atoms with Crippen LogP contribution in [0, 0.1) is 12.8 Å². The monoisotopic (exact) mass is 451 g/mol. The van der Waals surface area contributed by atoms with Gasteiger partial charge in [0.25, 0.3) is 0 Å². The highest BCUT2D eigenvalue weighted by Crippen LogP contribution is 2.68. The van der Waals surface area contributed by atoms with Crippen molar-refractivity contribution in [3.8, 4) is 5.75 Å². The lowest BCUT2D eigenvalue weighted by Crippen LogP contribution is -2.52. The van der Waals surface area contributed by atoms with Gasteiger partial charge in [0.1, 0.15) is 11.4 Å². The third-order valence-corrected chi connectivity index (χ3v) is 6.97. The second kappa shape index (κ2) is 7.30. The number of carboxylic acid groups (broad SMARTS) is 1. The van der Waals surface area contributed by atoms with Crippen LogP contribution < -0.4 is 4.74 Å². The molecule has 3 N–H and O–H groups in total. The van der Waals surface area contributed by atoms with Crippen molar-refractivity contribution in [2.75, 3.05) is 0 Å². The van der Waals surface area contributed by atoms with E-state index in [9.17, 15) is 20.1 Å². The summed E-state index contributed by atoms with van der Waals surface area (Å²) >= 11 is 6.16. The number of aliphatic carboxylic acids is 1. The predicted octanol–water partition coefficient (Wildman–Crippen LogP) is 3.77. The zero-order valence-corrected chi connectivity index (χ0v) is 18.0. The second-order valence-corrected chi connectivity index (χ2v) is 9.00. The van der Waals surface area contributed by atoms with Crippen LogP contribution in [0.15, 0.2) is 66.9 Å². The Morgan fingerprint density at radius 2 is 1.84 bits per heavy atom. The number of ether oxygens (including phenoxy) is 1. The van der Waals surface area contributed by atoms with Crippen molar-refractivity contribution >= 4 is 17.6 Å². The molecule has 5 rings (SSSR count). The molecule has 0 bridgehead atoms. The summed E-state index contributed by atoms with van der Waals surface area (Å²) < 4.78 is 6.53. The molecule has 0 saturated heterocycles. The maximum Gasteiger partial charge on any atom is 0.303 e. The minimum absolute atomic E-state index is 0.156. The molecule has 5 atom stereocenters. The van der Waals surface area contributed by atoms with Gasteiger partial charge >= 0.3 is 5.97 Å². The molecule has 2 heterocycles. The molecule has 0 unspecified atom stereocenters. The summed E-state index contributed by atoms with van der Waals surface area (Å²) in [7, 11) is 0. The molecule has 1 aromatic heterocycles. The normalized spacial score (nSPS) is 30.4. The number of benzene rings is 2. The first kappa shape index (κ1) is 20.9. The molecule has 7 heteroatoms. The highest BCUT2D eigenvalue weighted by atomic mass is 35.5. The van der Waals surface area contributed by atoms with E-state index >= 15 is 0 Å². The number of aliphatic hydroxyl groups excluding tert-OH is 1. The van der Waals surface area contributed by atoms with Crippen molar-refractivity contribution in [3.05, 3.63) is 94.3 Å². The minimum Gasteiger partial charge on any atom is -0.481 e. The van der Waals surface area contributed by atoms with Gasteiger partial charge in [-0.3, -0.25) is 9.78 Å². The van der Waals surface area contributed by atoms with Crippen LogP contribution in [0.3, 0.4) is 0 Å². The van der Waals surface area contributed by atoms with E-state index in [1.54, 1.807) is 6.07 Å². The van der Waals surface area contributed by atoms with Gasteiger partial charge in [0.15, 0.2) is 11.2 Å². The first-order valence-corrected chi connectivity index (χ1v) is 10.8. The van der Waals surface area contributed by atoms with E-state index in [4.69, 9.17) is 16.3 Å². The third-order valence-electron chi connectivity index (χ3n) is 6.77. The molecular formula is C25H22ClNO5. The molecule has 1 fully saturated rings. The lowest BCUT2D eigenvalue weighted by atomic mass is 9.71. The average molecular weight is 452 g/mol. The third kappa shape index (κ3) is 2.73. The van der Waals surface area contributed by atoms with Gasteiger partial charge in [-0.15, -0.1) is 0 Å². The summed E-state index contributed by atoms with van der Waals surface area (Å²) in [5.41, 5.74) is -0.926. The summed E-state index contributed by atoms with van der Waals surface area (Å²) in [6, 6.07) is 18.3. The highest BCUT2D eigenvalue weighted by molar-refractivity contribution is 6.30. The first-order chi connectivity index (χ1) is 15.3. The molecule has 164 valence electrons. The molecular weight excluding hydrogens is 430 g/mol. The van der Waals surface area contributed by atoms with Crippen molar-refractivity contribution < 1.29 is 24.9 Å². The van der Waals surface area contributed by atoms with Gasteiger partial charge in [-0.25, -0.2) is 0 Å². The van der Waals surface area contributed by atoms with Crippen LogP contribution in [0.25, 0.3) is 0 Å². The van der Waals surface area contributed by atoms with Gasteiger partial charge in [0.2, 0.25) is 0 Å². The standard InChI is InChI=1S/C25H22ClNO5/c1-14-7-9-16(10-8-14)25-21(15-5-3-2-4-6-15)18(12-20(28)29)23(30)24(25,31)22-19(32-25)11-17(26)13-27-22/h2-11,13,18,21,23,30-31H,12H2,1H3,(H,28,29)/t18-,21-,23-,24+,25+/m1/s1. The van der Waals surface area contributed by atoms with Crippen LogP contribution in [-0.4, -0.2) is 32.4 Å². The Bertz CT molecular complexity index is 1180. The van der Waals surface area contributed by atoms with Gasteiger partial charge in [0, 0.05) is 24.1 Å². The minimum atomic E-state index is -1.98. The maximum absolute atomic E-state index is 12.3. The van der Waals surface area contributed by atoms with Crippen LogP contribution in [0.5, 0.6) is 5.75 Å². The Labute approximate surface area is 190 Å². The number of aryl methyl sites for hydroxylation is 1. The van der Waals surface area contributed by atoms with Crippen molar-refractivity contribution in [3.63, 3.8) is 0 Å². The van der Waals surface area contributed by atoms with Crippen molar-refractivity contribution in [1.29, 1.82) is 0 Å². The number of rotatable bonds is 4. The number of fused-ring (bicyclic) bond motifs is 3. The predicted molar refractivity (Wildman–Crippen MR) is 118 cm³/mol. The number of halogens is 1. The number of aromatic nitrogens is 1. The quantitative estimate of drug-likeness (QED) is 0.558. The number of hydrogen-bond donors (Lipinski definition) is 3. The summed E-state index contributed by atoms with van der Waals surface area (Å²) in [5.74, 6) is -2.29. The molecule has 1 aliphatic carbocycles. The Morgan fingerprint density at radius 3 is 2.50 bits per heavy atom. The highest BCUT2D eigenvalue weighted by Gasteiger charge is 2.76. The van der Waals surface area contributed by atoms with Crippen molar-refractivity contribution in [1.82, 2.24) is 4.98 Å². The fourth-order valence-electron chi connectivity index (χ4n) is 5.50. The van der Waals surface area contributed by atoms with Crippen LogP contribution in [-0.2, 0) is 16.0 Å². The number of carbonyl (C=O) groups is 1. The van der Waals surface area contributed by atoms with E-state index in [1.165, 1.54) is 6.20 Å². The summed E-state index contributed by atoms with van der Waals surface area (Å²) in [6.07, 6.45) is -0.398. The average Bonchev–Trinajstić information content (AvgIpc) is 3.12. The molecule has 2 aromatic carbocycles. The maximum atomic E-state index is 12.3. The van der Waals surface area contributed by atoms with E-state index in [0.29, 0.717) is 10.6 Å². The van der Waals surface area contributed by atoms with Crippen molar-refractivity contribution in [2.45, 2.75) is 36.6 Å². The lowest BCUT2D eigenvalue weighted by Gasteiger charge is -2.40. The van der Waals surface area contributed by atoms with E-state index in [0.717, 1.165) is 11.1 Å². The zero-order chi connectivity index (χ0) is 22.7. The number of carboxylic acids is 1. The van der Waals surface area contributed by atoms with Crippen LogP contribution in [0.2, 0.25) is 5.02 Å². The fourth-order valence-corrected chi connectivity index (χ4v) is 5.65. The van der Waals surface area contributed by atoms with E-state index in [-0.39, 0.29) is 17.9 Å². The van der Waals surface area contributed by atoms with Crippen molar-refractivity contribution in [2.24, 2.45) is 5.92 Å². The number of hydrogen-bond acceptors (Lipinski definition) is 5. The topological polar surface area (TPSA) is 99.9 Å².